The fourth-order valence-corrected chi connectivity index (χ4v) is 1.27. The summed E-state index contributed by atoms with van der Waals surface area (Å²) in [7, 11) is 0. The van der Waals surface area contributed by atoms with Crippen molar-refractivity contribution in [2.45, 2.75) is 30.2 Å². The summed E-state index contributed by atoms with van der Waals surface area (Å²) in [5, 5.41) is 1.84. The zero-order valence-corrected chi connectivity index (χ0v) is 9.91. The lowest BCUT2D eigenvalue weighted by Crippen LogP contribution is -2.73. The van der Waals surface area contributed by atoms with Gasteiger partial charge in [0.05, 0.1) is 0 Å². The van der Waals surface area contributed by atoms with Crippen LogP contribution in [0.5, 0.6) is 0 Å². The van der Waals surface area contributed by atoms with Crippen molar-refractivity contribution in [1.82, 2.24) is 10.6 Å². The molecule has 0 spiro atoms. The largest absolute Gasteiger partial charge is 0.455 e. The Balaban J connectivity index is 3.03. The van der Waals surface area contributed by atoms with E-state index in [1.54, 1.807) is 0 Å². The van der Waals surface area contributed by atoms with Crippen LogP contribution < -0.4 is 10.6 Å². The van der Waals surface area contributed by atoms with Gasteiger partial charge in [0, 0.05) is 0 Å². The molecule has 0 radical (unpaired) electrons. The van der Waals surface area contributed by atoms with Gasteiger partial charge < -0.3 is 10.1 Å². The first-order chi connectivity index (χ1) is 9.63. The van der Waals surface area contributed by atoms with Crippen molar-refractivity contribution in [3.63, 3.8) is 0 Å². The predicted octanol–water partition coefficient (Wildman–Crippen LogP) is 1.64. The fourth-order valence-electron chi connectivity index (χ4n) is 1.27. The number of urea groups is 1. The molecule has 0 aromatic rings. The second-order valence-corrected chi connectivity index (χ2v) is 4.03. The van der Waals surface area contributed by atoms with E-state index in [0.29, 0.717) is 0 Å². The average molecular weight is 348 g/mol. The minimum atomic E-state index is -6.19. The Morgan fingerprint density at radius 2 is 1.55 bits per heavy atom. The molecule has 3 amide bonds. The van der Waals surface area contributed by atoms with E-state index in [0.717, 1.165) is 10.6 Å². The van der Waals surface area contributed by atoms with Gasteiger partial charge in [0.2, 0.25) is 0 Å². The number of carbonyl (C=O) groups excluding carboxylic acids is 2. The fraction of sp³-hybridized carbons (Fsp3) is 0.750. The van der Waals surface area contributed by atoms with Crippen LogP contribution in [0.1, 0.15) is 0 Å². The molecule has 2 atom stereocenters. The molecule has 0 bridgehead atoms. The third-order valence-electron chi connectivity index (χ3n) is 2.44. The summed E-state index contributed by atoms with van der Waals surface area (Å²) >= 11 is 0. The van der Waals surface area contributed by atoms with Gasteiger partial charge in [-0.05, 0) is 0 Å². The summed E-state index contributed by atoms with van der Waals surface area (Å²) < 4.78 is 116. The Morgan fingerprint density at radius 3 is 1.95 bits per heavy atom. The van der Waals surface area contributed by atoms with E-state index in [1.165, 1.54) is 0 Å². The van der Waals surface area contributed by atoms with Crippen LogP contribution in [0, 0.1) is 0 Å². The highest BCUT2D eigenvalue weighted by Crippen LogP contribution is 2.41. The van der Waals surface area contributed by atoms with Gasteiger partial charge in [-0.2, -0.15) is 35.1 Å². The predicted molar refractivity (Wildman–Crippen MR) is 47.3 cm³/mol. The van der Waals surface area contributed by atoms with Crippen LogP contribution in [0.2, 0.25) is 0 Å². The molecule has 0 aliphatic carbocycles. The lowest BCUT2D eigenvalue weighted by molar-refractivity contribution is -0.313. The summed E-state index contributed by atoms with van der Waals surface area (Å²) in [4.78, 5) is 21.7. The molecule has 1 saturated heterocycles. The van der Waals surface area contributed by atoms with Gasteiger partial charge in [-0.3, -0.25) is 10.1 Å². The smallest absolute Gasteiger partial charge is 0.347 e. The highest BCUT2D eigenvalue weighted by atomic mass is 19.4. The van der Waals surface area contributed by atoms with E-state index in [-0.39, 0.29) is 0 Å². The first-order valence-corrected chi connectivity index (χ1v) is 5.06. The SMILES string of the molecule is O=C1NC(=O)[C@@](F)(C(F)(F)F)[C@@H](OCC(F)(F)C(F)(F)F)N1. The topological polar surface area (TPSA) is 67.4 Å². The van der Waals surface area contributed by atoms with Crippen molar-refractivity contribution < 1.29 is 53.8 Å². The first kappa shape index (κ1) is 18.3. The third-order valence-corrected chi connectivity index (χ3v) is 2.44. The standard InChI is InChI=1S/C8H5F9N2O3/c9-5(10,7(12,13)14)1-22-3-6(11,8(15,16)17)2(20)18-4(21)19-3/h3H,1H2,(H2,18,19,20,21)/t3-,6+/m1/s1. The lowest BCUT2D eigenvalue weighted by atomic mass is 10.0. The molecular formula is C8H5F9N2O3. The quantitative estimate of drug-likeness (QED) is 0.762. The van der Waals surface area contributed by atoms with Gasteiger partial charge in [0.15, 0.2) is 6.23 Å². The Kier molecular flexibility index (Phi) is 4.31. The molecule has 0 aromatic carbocycles. The van der Waals surface area contributed by atoms with E-state index in [2.05, 4.69) is 4.74 Å². The van der Waals surface area contributed by atoms with Crippen LogP contribution in [0.25, 0.3) is 0 Å². The average Bonchev–Trinajstić information content (AvgIpc) is 2.28. The Labute approximate surface area is 114 Å². The summed E-state index contributed by atoms with van der Waals surface area (Å²) in [6.45, 7) is -2.74. The molecule has 1 aliphatic heterocycles. The van der Waals surface area contributed by atoms with Crippen LogP contribution in [-0.2, 0) is 9.53 Å². The van der Waals surface area contributed by atoms with E-state index >= 15 is 0 Å². The van der Waals surface area contributed by atoms with E-state index in [9.17, 15) is 49.1 Å². The minimum Gasteiger partial charge on any atom is -0.347 e. The maximum absolute atomic E-state index is 13.8. The highest BCUT2D eigenvalue weighted by Gasteiger charge is 2.70. The van der Waals surface area contributed by atoms with Crippen molar-refractivity contribution >= 4 is 11.9 Å². The molecule has 2 N–H and O–H groups in total. The number of ether oxygens (including phenoxy) is 1. The molecule has 1 rings (SSSR count). The zero-order chi connectivity index (χ0) is 17.6. The molecule has 22 heavy (non-hydrogen) atoms. The maximum atomic E-state index is 13.8. The molecule has 1 fully saturated rings. The van der Waals surface area contributed by atoms with Crippen molar-refractivity contribution in [1.29, 1.82) is 0 Å². The second-order valence-electron chi connectivity index (χ2n) is 4.03. The van der Waals surface area contributed by atoms with Crippen LogP contribution in [0.3, 0.4) is 0 Å². The lowest BCUT2D eigenvalue weighted by Gasteiger charge is -2.37. The van der Waals surface area contributed by atoms with Gasteiger partial charge in [0.25, 0.3) is 5.91 Å². The number of amides is 3. The Morgan fingerprint density at radius 1 is 1.05 bits per heavy atom. The van der Waals surface area contributed by atoms with Crippen LogP contribution in [0.4, 0.5) is 44.3 Å². The molecule has 0 saturated carbocycles. The number of rotatable bonds is 3. The van der Waals surface area contributed by atoms with Crippen LogP contribution in [0.15, 0.2) is 0 Å². The molecular weight excluding hydrogens is 343 g/mol. The number of nitrogens with one attached hydrogen (secondary N) is 2. The van der Waals surface area contributed by atoms with Crippen molar-refractivity contribution in [3.8, 4) is 0 Å². The first-order valence-electron chi connectivity index (χ1n) is 5.06. The van der Waals surface area contributed by atoms with Gasteiger partial charge in [-0.1, -0.05) is 0 Å². The number of hydrogen-bond donors (Lipinski definition) is 2. The van der Waals surface area contributed by atoms with E-state index in [1.807, 2.05) is 0 Å². The number of imide groups is 1. The number of alkyl halides is 9. The summed E-state index contributed by atoms with van der Waals surface area (Å²) in [6.07, 6.45) is -15.7. The molecule has 0 unspecified atom stereocenters. The maximum Gasteiger partial charge on any atom is 0.455 e. The monoisotopic (exact) mass is 348 g/mol. The third kappa shape index (κ3) is 3.05. The Hall–Kier alpha value is -1.73. The summed E-state index contributed by atoms with van der Waals surface area (Å²) in [6, 6.07) is -1.76. The van der Waals surface area contributed by atoms with Crippen molar-refractivity contribution in [2.24, 2.45) is 0 Å². The number of halogens is 9. The van der Waals surface area contributed by atoms with Crippen LogP contribution >= 0.6 is 0 Å². The van der Waals surface area contributed by atoms with Crippen LogP contribution in [-0.4, -0.2) is 48.7 Å². The van der Waals surface area contributed by atoms with E-state index < -0.39 is 48.7 Å². The molecule has 1 heterocycles. The van der Waals surface area contributed by atoms with Gasteiger partial charge in [-0.25, -0.2) is 9.18 Å². The van der Waals surface area contributed by atoms with E-state index in [4.69, 9.17) is 0 Å². The van der Waals surface area contributed by atoms with Gasteiger partial charge in [0.1, 0.15) is 6.61 Å². The molecule has 5 nitrogen and oxygen atoms in total. The number of hydrogen-bond acceptors (Lipinski definition) is 3. The molecule has 14 heteroatoms. The van der Waals surface area contributed by atoms with Crippen molar-refractivity contribution in [2.75, 3.05) is 6.61 Å². The molecule has 1 aliphatic rings. The molecule has 0 aromatic heterocycles. The Bertz CT molecular complexity index is 474. The summed E-state index contributed by atoms with van der Waals surface area (Å²) in [5.41, 5.74) is -5.04. The zero-order valence-electron chi connectivity index (χ0n) is 9.91. The van der Waals surface area contributed by atoms with Gasteiger partial charge >= 0.3 is 30.0 Å². The second kappa shape index (κ2) is 5.17. The minimum absolute atomic E-state index is 0.860. The van der Waals surface area contributed by atoms with Crippen molar-refractivity contribution in [3.05, 3.63) is 0 Å². The molecule has 128 valence electrons. The number of carbonyl (C=O) groups is 2. The van der Waals surface area contributed by atoms with Gasteiger partial charge in [-0.15, -0.1) is 0 Å². The summed E-state index contributed by atoms with van der Waals surface area (Å²) in [5.74, 6) is -8.23. The highest BCUT2D eigenvalue weighted by molar-refractivity contribution is 6.02. The normalized spacial score (nSPS) is 27.4.